The predicted octanol–water partition coefficient (Wildman–Crippen LogP) is 2.93. The van der Waals surface area contributed by atoms with E-state index in [1.54, 1.807) is 10.9 Å². The molecule has 4 heterocycles. The highest BCUT2D eigenvalue weighted by atomic mass is 16.2. The maximum atomic E-state index is 13.0. The fraction of sp³-hybridized carbons (Fsp3) is 0.238. The molecule has 4 aromatic rings. The third-order valence-corrected chi connectivity index (χ3v) is 5.30. The van der Waals surface area contributed by atoms with Gasteiger partial charge in [0.15, 0.2) is 5.65 Å². The van der Waals surface area contributed by atoms with Crippen molar-refractivity contribution in [2.45, 2.75) is 18.8 Å². The number of rotatable bonds is 3. The average molecular weight is 372 g/mol. The normalized spacial score (nSPS) is 17.1. The van der Waals surface area contributed by atoms with Gasteiger partial charge in [-0.15, -0.1) is 10.2 Å². The minimum absolute atomic E-state index is 0.0607. The van der Waals surface area contributed by atoms with Gasteiger partial charge in [-0.2, -0.15) is 5.10 Å². The van der Waals surface area contributed by atoms with E-state index in [2.05, 4.69) is 15.3 Å². The minimum Gasteiger partial charge on any atom is -0.338 e. The molecule has 1 unspecified atom stereocenters. The smallest absolute Gasteiger partial charge is 0.253 e. The summed E-state index contributed by atoms with van der Waals surface area (Å²) >= 11 is 0. The molecule has 0 N–H and O–H groups in total. The standard InChI is InChI=1S/C21H20N6O/c28-21(16-7-9-18(10-8-16)27-14-4-11-22-27)25-12-3-5-17(15-25)20-24-23-19-6-1-2-13-26(19)20/h1-2,4,6-11,13-14,17H,3,5,12,15H2. The first-order valence-electron chi connectivity index (χ1n) is 9.48. The Bertz CT molecular complexity index is 1100. The highest BCUT2D eigenvalue weighted by Gasteiger charge is 2.28. The summed E-state index contributed by atoms with van der Waals surface area (Å²) in [6.07, 6.45) is 7.58. The molecule has 5 rings (SSSR count). The highest BCUT2D eigenvalue weighted by Crippen LogP contribution is 2.27. The summed E-state index contributed by atoms with van der Waals surface area (Å²) in [6, 6.07) is 15.3. The van der Waals surface area contributed by atoms with Crippen molar-refractivity contribution in [2.75, 3.05) is 13.1 Å². The number of benzene rings is 1. The SMILES string of the molecule is O=C(c1ccc(-n2cccn2)cc1)N1CCCC(c2nnc3ccccn23)C1. The molecule has 1 saturated heterocycles. The zero-order valence-electron chi connectivity index (χ0n) is 15.3. The molecule has 1 atom stereocenters. The molecule has 0 spiro atoms. The van der Waals surface area contributed by atoms with E-state index in [0.29, 0.717) is 12.1 Å². The van der Waals surface area contributed by atoms with Gasteiger partial charge in [-0.05, 0) is 55.3 Å². The minimum atomic E-state index is 0.0607. The lowest BCUT2D eigenvalue weighted by atomic mass is 9.96. The van der Waals surface area contributed by atoms with Gasteiger partial charge in [0.2, 0.25) is 0 Å². The van der Waals surface area contributed by atoms with Crippen LogP contribution in [0, 0.1) is 0 Å². The van der Waals surface area contributed by atoms with Crippen LogP contribution >= 0.6 is 0 Å². The highest BCUT2D eigenvalue weighted by molar-refractivity contribution is 5.94. The van der Waals surface area contributed by atoms with Crippen LogP contribution in [0.15, 0.2) is 67.1 Å². The second-order valence-corrected chi connectivity index (χ2v) is 7.07. The summed E-state index contributed by atoms with van der Waals surface area (Å²) in [6.45, 7) is 1.43. The number of carbonyl (C=O) groups is 1. The Labute approximate surface area is 162 Å². The third kappa shape index (κ3) is 2.94. The summed E-state index contributed by atoms with van der Waals surface area (Å²) in [7, 11) is 0. The number of pyridine rings is 1. The van der Waals surface area contributed by atoms with Crippen LogP contribution < -0.4 is 0 Å². The molecule has 3 aromatic heterocycles. The van der Waals surface area contributed by atoms with E-state index >= 15 is 0 Å². The zero-order chi connectivity index (χ0) is 18.9. The molecule has 28 heavy (non-hydrogen) atoms. The quantitative estimate of drug-likeness (QED) is 0.554. The summed E-state index contributed by atoms with van der Waals surface area (Å²) in [4.78, 5) is 15.0. The predicted molar refractivity (Wildman–Crippen MR) is 104 cm³/mol. The van der Waals surface area contributed by atoms with Gasteiger partial charge in [0.1, 0.15) is 5.82 Å². The largest absolute Gasteiger partial charge is 0.338 e. The number of carbonyl (C=O) groups excluding carboxylic acids is 1. The van der Waals surface area contributed by atoms with Crippen molar-refractivity contribution < 1.29 is 4.79 Å². The average Bonchev–Trinajstić information content (AvgIpc) is 3.44. The van der Waals surface area contributed by atoms with Crippen molar-refractivity contribution in [1.82, 2.24) is 29.3 Å². The van der Waals surface area contributed by atoms with Crippen molar-refractivity contribution in [3.8, 4) is 5.69 Å². The molecule has 0 aliphatic carbocycles. The van der Waals surface area contributed by atoms with Crippen molar-refractivity contribution in [3.63, 3.8) is 0 Å². The summed E-state index contributed by atoms with van der Waals surface area (Å²) in [5.41, 5.74) is 2.48. The maximum Gasteiger partial charge on any atom is 0.253 e. The number of fused-ring (bicyclic) bond motifs is 1. The summed E-state index contributed by atoms with van der Waals surface area (Å²) in [5.74, 6) is 1.19. The van der Waals surface area contributed by atoms with Gasteiger partial charge in [0.25, 0.3) is 5.91 Å². The van der Waals surface area contributed by atoms with E-state index < -0.39 is 0 Å². The van der Waals surface area contributed by atoms with Crippen LogP contribution in [0.5, 0.6) is 0 Å². The Balaban J connectivity index is 1.35. The molecule has 0 bridgehead atoms. The fourth-order valence-electron chi connectivity index (χ4n) is 3.87. The molecular formula is C21H20N6O. The molecule has 0 saturated carbocycles. The monoisotopic (exact) mass is 372 g/mol. The van der Waals surface area contributed by atoms with E-state index in [1.165, 1.54) is 0 Å². The molecule has 140 valence electrons. The van der Waals surface area contributed by atoms with Gasteiger partial charge < -0.3 is 4.90 Å². The van der Waals surface area contributed by atoms with Crippen LogP contribution in [-0.2, 0) is 0 Å². The van der Waals surface area contributed by atoms with Gasteiger partial charge in [0, 0.05) is 43.2 Å². The third-order valence-electron chi connectivity index (χ3n) is 5.30. The number of aromatic nitrogens is 5. The lowest BCUT2D eigenvalue weighted by molar-refractivity contribution is 0.0704. The van der Waals surface area contributed by atoms with Crippen LogP contribution in [0.1, 0.15) is 34.9 Å². The Morgan fingerprint density at radius 3 is 2.71 bits per heavy atom. The van der Waals surface area contributed by atoms with Crippen molar-refractivity contribution in [1.29, 1.82) is 0 Å². The Kier molecular flexibility index (Phi) is 4.12. The van der Waals surface area contributed by atoms with Crippen molar-refractivity contribution >= 4 is 11.6 Å². The van der Waals surface area contributed by atoms with E-state index in [1.807, 2.05) is 70.2 Å². The van der Waals surface area contributed by atoms with Gasteiger partial charge in [0.05, 0.1) is 5.69 Å². The topological polar surface area (TPSA) is 68.3 Å². The van der Waals surface area contributed by atoms with Crippen molar-refractivity contribution in [2.24, 2.45) is 0 Å². The molecule has 7 nitrogen and oxygen atoms in total. The van der Waals surface area contributed by atoms with Crippen LogP contribution in [0.2, 0.25) is 0 Å². The zero-order valence-corrected chi connectivity index (χ0v) is 15.3. The van der Waals surface area contributed by atoms with E-state index in [0.717, 1.165) is 36.5 Å². The second kappa shape index (κ2) is 6.92. The first-order chi connectivity index (χ1) is 13.8. The Morgan fingerprint density at radius 1 is 1.00 bits per heavy atom. The van der Waals surface area contributed by atoms with Crippen molar-refractivity contribution in [3.05, 3.63) is 78.5 Å². The first-order valence-corrected chi connectivity index (χ1v) is 9.48. The number of likely N-dealkylation sites (tertiary alicyclic amines) is 1. The number of amides is 1. The van der Waals surface area contributed by atoms with Gasteiger partial charge in [-0.1, -0.05) is 6.07 Å². The van der Waals surface area contributed by atoms with Gasteiger partial charge >= 0.3 is 0 Å². The molecular weight excluding hydrogens is 352 g/mol. The number of piperidine rings is 1. The first kappa shape index (κ1) is 16.7. The summed E-state index contributed by atoms with van der Waals surface area (Å²) < 4.78 is 3.80. The van der Waals surface area contributed by atoms with Crippen LogP contribution in [0.4, 0.5) is 0 Å². The fourth-order valence-corrected chi connectivity index (χ4v) is 3.87. The Morgan fingerprint density at radius 2 is 1.89 bits per heavy atom. The molecule has 1 aliphatic rings. The lowest BCUT2D eigenvalue weighted by Crippen LogP contribution is -2.39. The second-order valence-electron chi connectivity index (χ2n) is 7.07. The maximum absolute atomic E-state index is 13.0. The van der Waals surface area contributed by atoms with E-state index in [9.17, 15) is 4.79 Å². The molecule has 1 amide bonds. The van der Waals surface area contributed by atoms with Gasteiger partial charge in [-0.25, -0.2) is 4.68 Å². The van der Waals surface area contributed by atoms with Crippen LogP contribution in [0.3, 0.4) is 0 Å². The van der Waals surface area contributed by atoms with Gasteiger partial charge in [-0.3, -0.25) is 9.20 Å². The molecule has 1 aromatic carbocycles. The van der Waals surface area contributed by atoms with Crippen LogP contribution in [-0.4, -0.2) is 48.3 Å². The lowest BCUT2D eigenvalue weighted by Gasteiger charge is -2.32. The van der Waals surface area contributed by atoms with Crippen LogP contribution in [0.25, 0.3) is 11.3 Å². The molecule has 0 radical (unpaired) electrons. The number of hydrogen-bond acceptors (Lipinski definition) is 4. The number of nitrogens with zero attached hydrogens (tertiary/aromatic N) is 6. The Hall–Kier alpha value is -3.48. The number of hydrogen-bond donors (Lipinski definition) is 0. The molecule has 1 aliphatic heterocycles. The molecule has 7 heteroatoms. The summed E-state index contributed by atoms with van der Waals surface area (Å²) in [5, 5.41) is 12.9. The van der Waals surface area contributed by atoms with E-state index in [4.69, 9.17) is 0 Å². The molecule has 1 fully saturated rings. The van der Waals surface area contributed by atoms with E-state index in [-0.39, 0.29) is 11.8 Å².